The van der Waals surface area contributed by atoms with Gasteiger partial charge in [-0.25, -0.2) is 9.36 Å². The largest absolute Gasteiger partial charge is 0.480 e. The number of ether oxygens (including phenoxy) is 1. The highest BCUT2D eigenvalue weighted by Crippen LogP contribution is 2.43. The lowest BCUT2D eigenvalue weighted by Crippen LogP contribution is -2.43. The van der Waals surface area contributed by atoms with Gasteiger partial charge in [0.15, 0.2) is 6.04 Å². The quantitative estimate of drug-likeness (QED) is 0.0264. The van der Waals surface area contributed by atoms with E-state index in [0.717, 1.165) is 38.5 Å². The first-order valence-electron chi connectivity index (χ1n) is 23.1. The Morgan fingerprint density at radius 1 is 0.500 bits per heavy atom. The Morgan fingerprint density at radius 2 is 0.821 bits per heavy atom. The number of amides is 1. The molecule has 4 N–H and O–H groups in total. The Balaban J connectivity index is 3.80. The lowest BCUT2D eigenvalue weighted by molar-refractivity contribution is -0.147. The molecule has 0 radical (unpaired) electrons. The Labute approximate surface area is 342 Å². The van der Waals surface area contributed by atoms with Gasteiger partial charge in [0, 0.05) is 12.8 Å². The van der Waals surface area contributed by atoms with Crippen LogP contribution in [0.15, 0.2) is 0 Å². The molecule has 0 aromatic carbocycles. The number of hydrogen-bond acceptors (Lipinski definition) is 8. The molecule has 0 aliphatic heterocycles. The average molecular weight is 820 g/mol. The molecule has 0 fully saturated rings. The van der Waals surface area contributed by atoms with E-state index in [9.17, 15) is 34.1 Å². The van der Waals surface area contributed by atoms with Gasteiger partial charge >= 0.3 is 19.8 Å². The molecule has 0 heterocycles. The molecule has 0 bridgehead atoms. The highest BCUT2D eigenvalue weighted by atomic mass is 31.2. The summed E-state index contributed by atoms with van der Waals surface area (Å²) in [5, 5.41) is 21.8. The van der Waals surface area contributed by atoms with Gasteiger partial charge in [-0.05, 0) is 12.8 Å². The maximum atomic E-state index is 12.3. The summed E-state index contributed by atoms with van der Waals surface area (Å²) in [6.07, 6.45) is 38.5. The number of aliphatic hydroxyl groups is 1. The van der Waals surface area contributed by atoms with Crippen molar-refractivity contribution < 1.29 is 47.8 Å². The van der Waals surface area contributed by atoms with Crippen molar-refractivity contribution in [2.24, 2.45) is 0 Å². The lowest BCUT2D eigenvalue weighted by atomic mass is 10.0. The number of aliphatic carboxylic acids is 1. The minimum atomic E-state index is -4.75. The highest BCUT2D eigenvalue weighted by Gasteiger charge is 2.28. The Bertz CT molecular complexity index is 968. The monoisotopic (exact) mass is 820 g/mol. The molecule has 0 aliphatic carbocycles. The maximum absolute atomic E-state index is 12.3. The summed E-state index contributed by atoms with van der Waals surface area (Å²) >= 11 is 0. The molecule has 3 unspecified atom stereocenters. The second kappa shape index (κ2) is 40.3. The first kappa shape index (κ1) is 54.5. The predicted molar refractivity (Wildman–Crippen MR) is 227 cm³/mol. The molecule has 0 saturated heterocycles. The second-order valence-electron chi connectivity index (χ2n) is 16.0. The number of aliphatic hydroxyl groups excluding tert-OH is 1. The minimum Gasteiger partial charge on any atom is -0.480 e. The van der Waals surface area contributed by atoms with Crippen molar-refractivity contribution >= 4 is 25.7 Å². The number of carboxylic acid groups (broad SMARTS) is 1. The van der Waals surface area contributed by atoms with Gasteiger partial charge in [0.05, 0.1) is 13.2 Å². The minimum absolute atomic E-state index is 0.152. The number of phosphoric ester groups is 1. The van der Waals surface area contributed by atoms with Gasteiger partial charge < -0.3 is 25.2 Å². The topological polar surface area (TPSA) is 169 Å². The molecule has 1 amide bonds. The molecule has 11 nitrogen and oxygen atoms in total. The van der Waals surface area contributed by atoms with Crippen molar-refractivity contribution in [2.45, 2.75) is 244 Å². The van der Waals surface area contributed by atoms with Crippen molar-refractivity contribution in [3.63, 3.8) is 0 Å². The smallest absolute Gasteiger partial charge is 0.472 e. The number of esters is 1. The Hall–Kier alpha value is -1.52. The normalized spacial score (nSPS) is 13.6. The third-order valence-electron chi connectivity index (χ3n) is 10.4. The molecule has 0 saturated carbocycles. The van der Waals surface area contributed by atoms with Gasteiger partial charge in [0.2, 0.25) is 5.91 Å². The molecule has 12 heteroatoms. The first-order valence-corrected chi connectivity index (χ1v) is 24.6. The van der Waals surface area contributed by atoms with E-state index in [1.165, 1.54) is 154 Å². The highest BCUT2D eigenvalue weighted by molar-refractivity contribution is 7.47. The fraction of sp³-hybridized carbons (Fsp3) is 0.932. The van der Waals surface area contributed by atoms with Crippen LogP contribution in [0.1, 0.15) is 232 Å². The van der Waals surface area contributed by atoms with Crippen LogP contribution in [0.3, 0.4) is 0 Å². The average Bonchev–Trinajstić information content (AvgIpc) is 3.17. The molecule has 0 rings (SSSR count). The SMILES string of the molecule is CCCCCCCCCCCCCCCCCCCCCCC(=O)OCC(O)COP(=O)(O)OCC(NC(=O)CCCCCCCCCCCCCC)C(=O)O. The van der Waals surface area contributed by atoms with Gasteiger partial charge in [-0.1, -0.05) is 206 Å². The van der Waals surface area contributed by atoms with Crippen molar-refractivity contribution in [3.05, 3.63) is 0 Å². The van der Waals surface area contributed by atoms with E-state index < -0.39 is 57.6 Å². The number of unbranched alkanes of at least 4 members (excludes halogenated alkanes) is 30. The standard InChI is InChI=1S/C44H86NO10P/c1-3-5-7-9-11-13-15-17-18-19-20-21-22-23-24-26-28-30-32-34-36-43(48)53-37-40(46)38-54-56(51,52)55-39-41(44(49)50)45-42(47)35-33-31-29-27-25-16-14-12-10-8-6-4-2/h40-41,46H,3-39H2,1-2H3,(H,45,47)(H,49,50)(H,51,52). The molecule has 0 aliphatic rings. The summed E-state index contributed by atoms with van der Waals surface area (Å²) in [6.45, 7) is 2.62. The molecule has 3 atom stereocenters. The first-order chi connectivity index (χ1) is 27.1. The molecule has 332 valence electrons. The van der Waals surface area contributed by atoms with E-state index in [0.29, 0.717) is 12.8 Å². The fourth-order valence-electron chi connectivity index (χ4n) is 6.79. The molecule has 0 aromatic rings. The lowest BCUT2D eigenvalue weighted by Gasteiger charge is -2.18. The van der Waals surface area contributed by atoms with Crippen LogP contribution in [0.4, 0.5) is 0 Å². The summed E-state index contributed by atoms with van der Waals surface area (Å²) < 4.78 is 26.8. The second-order valence-corrected chi connectivity index (χ2v) is 17.4. The number of hydrogen-bond donors (Lipinski definition) is 4. The van der Waals surface area contributed by atoms with E-state index in [1.807, 2.05) is 0 Å². The van der Waals surface area contributed by atoms with Crippen LogP contribution in [0.25, 0.3) is 0 Å². The van der Waals surface area contributed by atoms with E-state index in [4.69, 9.17) is 13.8 Å². The molecule has 0 aromatic heterocycles. The molecular formula is C44H86NO10P. The summed E-state index contributed by atoms with van der Waals surface area (Å²) in [7, 11) is -4.75. The number of phosphoric acid groups is 1. The van der Waals surface area contributed by atoms with Crippen LogP contribution < -0.4 is 5.32 Å². The third-order valence-corrected chi connectivity index (χ3v) is 11.3. The zero-order chi connectivity index (χ0) is 41.4. The van der Waals surface area contributed by atoms with Crippen LogP contribution in [0, 0.1) is 0 Å². The number of nitrogens with one attached hydrogen (secondary N) is 1. The maximum Gasteiger partial charge on any atom is 0.472 e. The Morgan fingerprint density at radius 3 is 1.18 bits per heavy atom. The molecule has 0 spiro atoms. The zero-order valence-corrected chi connectivity index (χ0v) is 36.9. The zero-order valence-electron chi connectivity index (χ0n) is 36.0. The summed E-state index contributed by atoms with van der Waals surface area (Å²) in [5.74, 6) is -2.35. The summed E-state index contributed by atoms with van der Waals surface area (Å²) in [6, 6.07) is -1.54. The molecular weight excluding hydrogens is 733 g/mol. The van der Waals surface area contributed by atoms with E-state index in [-0.39, 0.29) is 12.8 Å². The third kappa shape index (κ3) is 39.3. The van der Waals surface area contributed by atoms with E-state index in [2.05, 4.69) is 19.2 Å². The predicted octanol–water partition coefficient (Wildman–Crippen LogP) is 11.9. The van der Waals surface area contributed by atoms with Gasteiger partial charge in [-0.3, -0.25) is 18.6 Å². The van der Waals surface area contributed by atoms with Gasteiger partial charge in [-0.15, -0.1) is 0 Å². The van der Waals surface area contributed by atoms with Crippen LogP contribution in [0.2, 0.25) is 0 Å². The van der Waals surface area contributed by atoms with Gasteiger partial charge in [-0.2, -0.15) is 0 Å². The summed E-state index contributed by atoms with van der Waals surface area (Å²) in [5.41, 5.74) is 0. The van der Waals surface area contributed by atoms with Crippen molar-refractivity contribution in [1.82, 2.24) is 5.32 Å². The fourth-order valence-corrected chi connectivity index (χ4v) is 7.56. The van der Waals surface area contributed by atoms with Gasteiger partial charge in [0.25, 0.3) is 0 Å². The van der Waals surface area contributed by atoms with Crippen LogP contribution >= 0.6 is 7.82 Å². The summed E-state index contributed by atoms with van der Waals surface area (Å²) in [4.78, 5) is 45.9. The van der Waals surface area contributed by atoms with Crippen molar-refractivity contribution in [2.75, 3.05) is 19.8 Å². The number of carbonyl (C=O) groups excluding carboxylic acids is 2. The van der Waals surface area contributed by atoms with Crippen LogP contribution in [-0.2, 0) is 32.7 Å². The van der Waals surface area contributed by atoms with Gasteiger partial charge in [0.1, 0.15) is 12.7 Å². The molecule has 56 heavy (non-hydrogen) atoms. The number of carboxylic acids is 1. The number of carbonyl (C=O) groups is 3. The Kier molecular flexibility index (Phi) is 39.2. The van der Waals surface area contributed by atoms with Crippen molar-refractivity contribution in [1.29, 1.82) is 0 Å². The number of rotatable bonds is 44. The van der Waals surface area contributed by atoms with Crippen LogP contribution in [0.5, 0.6) is 0 Å². The van der Waals surface area contributed by atoms with Crippen molar-refractivity contribution in [3.8, 4) is 0 Å². The van der Waals surface area contributed by atoms with E-state index >= 15 is 0 Å². The van der Waals surface area contributed by atoms with E-state index in [1.54, 1.807) is 0 Å². The van der Waals surface area contributed by atoms with Crippen LogP contribution in [-0.4, -0.2) is 64.9 Å².